The van der Waals surface area contributed by atoms with Gasteiger partial charge in [-0.2, -0.15) is 18.4 Å². The van der Waals surface area contributed by atoms with Gasteiger partial charge in [0.2, 0.25) is 5.91 Å². The average Bonchev–Trinajstić information content (AvgIpc) is 3.21. The van der Waals surface area contributed by atoms with Crippen LogP contribution in [0.2, 0.25) is 0 Å². The van der Waals surface area contributed by atoms with E-state index >= 15 is 0 Å². The third-order valence-electron chi connectivity index (χ3n) is 6.15. The summed E-state index contributed by atoms with van der Waals surface area (Å²) in [5.41, 5.74) is -0.182. The van der Waals surface area contributed by atoms with Crippen molar-refractivity contribution in [3.05, 3.63) is 43.8 Å². The van der Waals surface area contributed by atoms with E-state index < -0.39 is 35.7 Å². The first-order chi connectivity index (χ1) is 18.7. The van der Waals surface area contributed by atoms with Crippen molar-refractivity contribution in [2.24, 2.45) is 0 Å². The quantitative estimate of drug-likeness (QED) is 0.457. The minimum Gasteiger partial charge on any atom is -0.360 e. The number of anilines is 2. The molecule has 216 valence electrons. The van der Waals surface area contributed by atoms with Gasteiger partial charge in [-0.25, -0.2) is 8.78 Å². The van der Waals surface area contributed by atoms with Gasteiger partial charge in [0.25, 0.3) is 17.4 Å². The largest absolute Gasteiger partial charge is 0.405 e. The van der Waals surface area contributed by atoms with Crippen LogP contribution in [0.5, 0.6) is 0 Å². The number of nitriles is 1. The van der Waals surface area contributed by atoms with Crippen molar-refractivity contribution in [2.45, 2.75) is 38.4 Å². The summed E-state index contributed by atoms with van der Waals surface area (Å²) in [5.74, 6) is -4.25. The van der Waals surface area contributed by atoms with Crippen molar-refractivity contribution in [1.29, 1.82) is 5.26 Å². The Kier molecular flexibility index (Phi) is 9.69. The molecular formula is C25H27F5N6O3S. The fraction of sp³-hybridized carbons (Fsp3) is 0.440. The molecule has 1 saturated heterocycles. The van der Waals surface area contributed by atoms with E-state index in [1.54, 1.807) is 54.5 Å². The summed E-state index contributed by atoms with van der Waals surface area (Å²) in [7, 11) is 1.55. The Morgan fingerprint density at radius 3 is 2.52 bits per heavy atom. The lowest BCUT2D eigenvalue weighted by Crippen LogP contribution is -2.45. The second-order valence-electron chi connectivity index (χ2n) is 9.03. The summed E-state index contributed by atoms with van der Waals surface area (Å²) >= 11 is 0.766. The van der Waals surface area contributed by atoms with Gasteiger partial charge < -0.3 is 15.5 Å². The molecule has 2 heterocycles. The first-order valence-corrected chi connectivity index (χ1v) is 13.0. The van der Waals surface area contributed by atoms with Crippen molar-refractivity contribution in [3.63, 3.8) is 0 Å². The van der Waals surface area contributed by atoms with Gasteiger partial charge in [-0.15, -0.1) is 11.3 Å². The molecule has 1 aliphatic heterocycles. The van der Waals surface area contributed by atoms with Gasteiger partial charge in [-0.1, -0.05) is 6.07 Å². The van der Waals surface area contributed by atoms with Crippen molar-refractivity contribution in [1.82, 2.24) is 14.8 Å². The fourth-order valence-electron chi connectivity index (χ4n) is 3.89. The lowest BCUT2D eigenvalue weighted by Gasteiger charge is -2.32. The lowest BCUT2D eigenvalue weighted by molar-refractivity contribution is -0.135. The van der Waals surface area contributed by atoms with E-state index in [1.807, 2.05) is 0 Å². The zero-order chi connectivity index (χ0) is 29.7. The van der Waals surface area contributed by atoms with Crippen LogP contribution in [-0.4, -0.2) is 66.6 Å². The molecule has 0 aliphatic carbocycles. The number of aromatic nitrogens is 1. The number of rotatable bonds is 8. The number of nitrogens with one attached hydrogen (secondary N) is 2. The standard InChI is InChI=1S/C25H27F5N6O3S/c1-3-36-22(39)19(40-23(36)18(12-31)21(38)33-15-25(28,29)30)13-32-16-5-4-6-17(11-16)34(2)20(37)14-35-9-7-24(26,27)8-10-35/h4-6,11,13,32H,3,7-10,14-15H2,1-2H3,(H,33,38)/b19-13+,23-18-. The number of hydrogen-bond acceptors (Lipinski definition) is 7. The summed E-state index contributed by atoms with van der Waals surface area (Å²) in [4.78, 5) is 40.9. The molecule has 1 fully saturated rings. The van der Waals surface area contributed by atoms with Gasteiger partial charge in [0.1, 0.15) is 21.8 Å². The number of nitrogens with zero attached hydrogens (tertiary/aromatic N) is 4. The van der Waals surface area contributed by atoms with Gasteiger partial charge in [-0.05, 0) is 25.1 Å². The molecular weight excluding hydrogens is 559 g/mol. The van der Waals surface area contributed by atoms with E-state index in [0.29, 0.717) is 11.4 Å². The van der Waals surface area contributed by atoms with Crippen LogP contribution in [0.3, 0.4) is 0 Å². The number of hydrogen-bond donors (Lipinski definition) is 2. The number of likely N-dealkylation sites (tertiary alicyclic amines) is 1. The van der Waals surface area contributed by atoms with Gasteiger partial charge in [0, 0.05) is 57.1 Å². The maximum atomic E-state index is 13.4. The van der Waals surface area contributed by atoms with E-state index in [1.165, 1.54) is 11.1 Å². The minimum absolute atomic E-state index is 0.0147. The molecule has 3 rings (SSSR count). The van der Waals surface area contributed by atoms with Crippen LogP contribution in [0, 0.1) is 11.3 Å². The third kappa shape index (κ3) is 7.89. The SMILES string of the molecule is CCn1c(=O)/c(=C\Nc2cccc(N(C)C(=O)CN3CCC(F)(F)CC3)c2)s/c1=C(/C#N)C(=O)NCC(F)(F)F. The normalized spacial score (nSPS) is 16.7. The maximum absolute atomic E-state index is 13.4. The lowest BCUT2D eigenvalue weighted by atomic mass is 10.1. The first-order valence-electron chi connectivity index (χ1n) is 12.2. The molecule has 0 bridgehead atoms. The number of alkyl halides is 5. The predicted octanol–water partition coefficient (Wildman–Crippen LogP) is 1.83. The van der Waals surface area contributed by atoms with E-state index in [4.69, 9.17) is 0 Å². The zero-order valence-electron chi connectivity index (χ0n) is 21.6. The van der Waals surface area contributed by atoms with E-state index in [0.717, 1.165) is 15.9 Å². The first kappa shape index (κ1) is 30.8. The Balaban J connectivity index is 1.80. The Morgan fingerprint density at radius 2 is 1.93 bits per heavy atom. The topological polar surface area (TPSA) is 110 Å². The summed E-state index contributed by atoms with van der Waals surface area (Å²) in [5, 5.41) is 14.0. The van der Waals surface area contributed by atoms with E-state index in [9.17, 15) is 41.6 Å². The van der Waals surface area contributed by atoms with Crippen molar-refractivity contribution in [3.8, 4) is 6.07 Å². The Labute approximate surface area is 229 Å². The molecule has 1 aliphatic rings. The highest BCUT2D eigenvalue weighted by Gasteiger charge is 2.34. The number of piperidine rings is 1. The molecule has 0 unspecified atom stereocenters. The highest BCUT2D eigenvalue weighted by Crippen LogP contribution is 2.27. The van der Waals surface area contributed by atoms with Gasteiger partial charge in [0.05, 0.1) is 6.54 Å². The number of carbonyl (C=O) groups is 2. The fourth-order valence-corrected chi connectivity index (χ4v) is 4.98. The number of halogens is 5. The van der Waals surface area contributed by atoms with Crippen molar-refractivity contribution in [2.75, 3.05) is 43.4 Å². The smallest absolute Gasteiger partial charge is 0.360 e. The van der Waals surface area contributed by atoms with Crippen LogP contribution in [0.15, 0.2) is 29.1 Å². The summed E-state index contributed by atoms with van der Waals surface area (Å²) in [6.45, 7) is 0.252. The van der Waals surface area contributed by atoms with Gasteiger partial charge in [-0.3, -0.25) is 23.9 Å². The van der Waals surface area contributed by atoms with Gasteiger partial charge >= 0.3 is 6.18 Å². The zero-order valence-corrected chi connectivity index (χ0v) is 22.5. The molecule has 1 aromatic heterocycles. The molecule has 0 atom stereocenters. The molecule has 0 radical (unpaired) electrons. The van der Waals surface area contributed by atoms with E-state index in [2.05, 4.69) is 5.32 Å². The molecule has 15 heteroatoms. The molecule has 2 amide bonds. The van der Waals surface area contributed by atoms with Crippen LogP contribution in [-0.2, 0) is 16.1 Å². The van der Waals surface area contributed by atoms with Crippen LogP contribution < -0.4 is 30.3 Å². The van der Waals surface area contributed by atoms with Crippen molar-refractivity contribution >= 4 is 46.3 Å². The number of amides is 2. The molecule has 2 aromatic rings. The Bertz CT molecular complexity index is 1470. The monoisotopic (exact) mass is 586 g/mol. The van der Waals surface area contributed by atoms with Crippen molar-refractivity contribution < 1.29 is 31.5 Å². The molecule has 0 saturated carbocycles. The minimum atomic E-state index is -4.67. The van der Waals surface area contributed by atoms with E-state index in [-0.39, 0.29) is 54.1 Å². The predicted molar refractivity (Wildman–Crippen MR) is 140 cm³/mol. The molecule has 2 N–H and O–H groups in total. The Hall–Kier alpha value is -3.77. The summed E-state index contributed by atoms with van der Waals surface area (Å²) in [6.07, 6.45) is -3.93. The highest BCUT2D eigenvalue weighted by atomic mass is 32.1. The van der Waals surface area contributed by atoms with Crippen LogP contribution in [0.25, 0.3) is 11.8 Å². The molecule has 1 aromatic carbocycles. The molecule has 40 heavy (non-hydrogen) atoms. The number of benzene rings is 1. The summed E-state index contributed by atoms with van der Waals surface area (Å²) < 4.78 is 65.4. The number of thiazole rings is 1. The number of likely N-dealkylation sites (N-methyl/N-ethyl adjacent to an activating group) is 1. The highest BCUT2D eigenvalue weighted by molar-refractivity contribution is 7.07. The second-order valence-corrected chi connectivity index (χ2v) is 10.1. The summed E-state index contributed by atoms with van der Waals surface area (Å²) in [6, 6.07) is 8.21. The second kappa shape index (κ2) is 12.6. The maximum Gasteiger partial charge on any atom is 0.405 e. The van der Waals surface area contributed by atoms with Gasteiger partial charge in [0.15, 0.2) is 5.57 Å². The molecule has 9 nitrogen and oxygen atoms in total. The third-order valence-corrected chi connectivity index (χ3v) is 7.28. The van der Waals surface area contributed by atoms with Crippen LogP contribution in [0.4, 0.5) is 33.3 Å². The average molecular weight is 587 g/mol. The number of carbonyl (C=O) groups excluding carboxylic acids is 2. The molecule has 0 spiro atoms. The van der Waals surface area contributed by atoms with Crippen LogP contribution >= 0.6 is 11.3 Å². The van der Waals surface area contributed by atoms with Crippen LogP contribution in [0.1, 0.15) is 19.8 Å². The Morgan fingerprint density at radius 1 is 1.25 bits per heavy atom.